The Morgan fingerprint density at radius 1 is 1.00 bits per heavy atom. The number of hydrogen-bond donors (Lipinski definition) is 0. The molecule has 2 aromatic rings. The Morgan fingerprint density at radius 2 is 1.67 bits per heavy atom. The van der Waals surface area contributed by atoms with Crippen LogP contribution in [0.4, 0.5) is 0 Å². The van der Waals surface area contributed by atoms with Crippen LogP contribution in [0.15, 0.2) is 53.6 Å². The van der Waals surface area contributed by atoms with Crippen LogP contribution < -0.4 is 0 Å². The van der Waals surface area contributed by atoms with Crippen LogP contribution in [0, 0.1) is 0 Å². The van der Waals surface area contributed by atoms with E-state index in [4.69, 9.17) is 16.3 Å². The molecule has 0 unspecified atom stereocenters. The number of piperidine rings is 1. The predicted octanol–water partition coefficient (Wildman–Crippen LogP) is 2.32. The van der Waals surface area contributed by atoms with Crippen LogP contribution in [0.2, 0.25) is 5.15 Å². The molecule has 9 heteroatoms. The monoisotopic (exact) mass is 449 g/mol. The molecule has 0 atom stereocenters. The fraction of sp³-hybridized carbons (Fsp3) is 0.429. The Kier molecular flexibility index (Phi) is 6.11. The summed E-state index contributed by atoms with van der Waals surface area (Å²) in [4.78, 5) is 19.5. The third-order valence-electron chi connectivity index (χ3n) is 5.95. The standard InChI is InChI=1S/C21H24ClN3O4S/c22-19-7-6-18(16-23-19)30(27,28)25-10-8-21(9-11-25,17-4-2-1-3-5-17)20(26)24-12-14-29-15-13-24/h1-7,16H,8-15H2. The summed E-state index contributed by atoms with van der Waals surface area (Å²) in [6, 6.07) is 12.6. The molecule has 2 aliphatic rings. The summed E-state index contributed by atoms with van der Waals surface area (Å²) in [6.07, 6.45) is 2.12. The van der Waals surface area contributed by atoms with Crippen LogP contribution in [-0.4, -0.2) is 67.9 Å². The number of hydrogen-bond acceptors (Lipinski definition) is 5. The van der Waals surface area contributed by atoms with E-state index in [0.717, 1.165) is 5.56 Å². The van der Waals surface area contributed by atoms with E-state index in [1.807, 2.05) is 35.2 Å². The molecule has 0 bridgehead atoms. The second-order valence-corrected chi connectivity index (χ2v) is 9.90. The second kappa shape index (κ2) is 8.63. The molecular formula is C21H24ClN3O4S. The van der Waals surface area contributed by atoms with Gasteiger partial charge in [-0.3, -0.25) is 4.79 Å². The highest BCUT2D eigenvalue weighted by Gasteiger charge is 2.47. The van der Waals surface area contributed by atoms with E-state index in [1.54, 1.807) is 0 Å². The predicted molar refractivity (Wildman–Crippen MR) is 113 cm³/mol. The van der Waals surface area contributed by atoms with Crippen LogP contribution in [0.3, 0.4) is 0 Å². The molecule has 0 spiro atoms. The van der Waals surface area contributed by atoms with Crippen LogP contribution in [0.25, 0.3) is 0 Å². The minimum atomic E-state index is -3.69. The summed E-state index contributed by atoms with van der Waals surface area (Å²) in [6.45, 7) is 2.70. The maximum atomic E-state index is 13.6. The van der Waals surface area contributed by atoms with E-state index in [0.29, 0.717) is 39.1 Å². The van der Waals surface area contributed by atoms with Crippen LogP contribution >= 0.6 is 11.6 Å². The number of sulfonamides is 1. The van der Waals surface area contributed by atoms with E-state index in [-0.39, 0.29) is 29.0 Å². The first-order chi connectivity index (χ1) is 14.4. The average Bonchev–Trinajstić information content (AvgIpc) is 2.80. The Labute approximate surface area is 181 Å². The molecule has 2 saturated heterocycles. The fourth-order valence-corrected chi connectivity index (χ4v) is 5.72. The van der Waals surface area contributed by atoms with Gasteiger partial charge in [-0.1, -0.05) is 41.9 Å². The molecule has 160 valence electrons. The first kappa shape index (κ1) is 21.2. The molecular weight excluding hydrogens is 426 g/mol. The molecule has 0 radical (unpaired) electrons. The summed E-state index contributed by atoms with van der Waals surface area (Å²) in [5.74, 6) is 0.0576. The van der Waals surface area contributed by atoms with Gasteiger partial charge in [-0.05, 0) is 30.5 Å². The van der Waals surface area contributed by atoms with E-state index < -0.39 is 15.4 Å². The Balaban J connectivity index is 1.60. The van der Waals surface area contributed by atoms with E-state index in [2.05, 4.69) is 4.98 Å². The van der Waals surface area contributed by atoms with Crippen molar-refractivity contribution in [2.75, 3.05) is 39.4 Å². The normalized spacial score (nSPS) is 20.1. The average molecular weight is 450 g/mol. The molecule has 0 aliphatic carbocycles. The maximum absolute atomic E-state index is 13.6. The van der Waals surface area contributed by atoms with Gasteiger partial charge in [0, 0.05) is 32.4 Å². The van der Waals surface area contributed by atoms with Gasteiger partial charge >= 0.3 is 0 Å². The summed E-state index contributed by atoms with van der Waals surface area (Å²) in [7, 11) is -3.69. The van der Waals surface area contributed by atoms with Gasteiger partial charge in [0.25, 0.3) is 0 Å². The number of amides is 1. The van der Waals surface area contributed by atoms with Gasteiger partial charge in [-0.15, -0.1) is 0 Å². The van der Waals surface area contributed by atoms with Crippen molar-refractivity contribution in [3.05, 3.63) is 59.4 Å². The Bertz CT molecular complexity index is 985. The fourth-order valence-electron chi connectivity index (χ4n) is 4.22. The largest absolute Gasteiger partial charge is 0.378 e. The number of aromatic nitrogens is 1. The molecule has 30 heavy (non-hydrogen) atoms. The zero-order valence-electron chi connectivity index (χ0n) is 16.5. The van der Waals surface area contributed by atoms with Crippen molar-refractivity contribution in [1.82, 2.24) is 14.2 Å². The lowest BCUT2D eigenvalue weighted by Crippen LogP contribution is -2.55. The van der Waals surface area contributed by atoms with Gasteiger partial charge in [0.05, 0.1) is 18.6 Å². The van der Waals surface area contributed by atoms with E-state index in [1.165, 1.54) is 22.6 Å². The number of benzene rings is 1. The summed E-state index contributed by atoms with van der Waals surface area (Å²) >= 11 is 5.79. The van der Waals surface area contributed by atoms with Crippen LogP contribution in [-0.2, 0) is 25.0 Å². The van der Waals surface area contributed by atoms with Crippen molar-refractivity contribution in [3.8, 4) is 0 Å². The molecule has 7 nitrogen and oxygen atoms in total. The van der Waals surface area contributed by atoms with Crippen molar-refractivity contribution in [3.63, 3.8) is 0 Å². The first-order valence-corrected chi connectivity index (χ1v) is 11.8. The highest BCUT2D eigenvalue weighted by atomic mass is 35.5. The van der Waals surface area contributed by atoms with Gasteiger partial charge in [0.2, 0.25) is 15.9 Å². The molecule has 1 amide bonds. The number of halogens is 1. The second-order valence-electron chi connectivity index (χ2n) is 7.57. The lowest BCUT2D eigenvalue weighted by atomic mass is 9.72. The zero-order chi connectivity index (χ0) is 21.2. The SMILES string of the molecule is O=C(N1CCOCC1)C1(c2ccccc2)CCN(S(=O)(=O)c2ccc(Cl)nc2)CC1. The smallest absolute Gasteiger partial charge is 0.244 e. The quantitative estimate of drug-likeness (QED) is 0.669. The molecule has 0 N–H and O–H groups in total. The minimum absolute atomic E-state index is 0.0576. The number of carbonyl (C=O) groups excluding carboxylic acids is 1. The highest BCUT2D eigenvalue weighted by molar-refractivity contribution is 7.89. The Hall–Kier alpha value is -2.00. The van der Waals surface area contributed by atoms with Crippen molar-refractivity contribution < 1.29 is 17.9 Å². The first-order valence-electron chi connectivity index (χ1n) is 9.98. The molecule has 1 aromatic heterocycles. The minimum Gasteiger partial charge on any atom is -0.378 e. The van der Waals surface area contributed by atoms with Gasteiger partial charge < -0.3 is 9.64 Å². The molecule has 4 rings (SSSR count). The van der Waals surface area contributed by atoms with Crippen molar-refractivity contribution in [1.29, 1.82) is 0 Å². The third kappa shape index (κ3) is 3.97. The summed E-state index contributed by atoms with van der Waals surface area (Å²) in [5, 5.41) is 0.242. The molecule has 2 aliphatic heterocycles. The number of pyridine rings is 1. The molecule has 0 saturated carbocycles. The summed E-state index contributed by atoms with van der Waals surface area (Å²) in [5.41, 5.74) is 0.203. The van der Waals surface area contributed by atoms with E-state index in [9.17, 15) is 13.2 Å². The highest BCUT2D eigenvalue weighted by Crippen LogP contribution is 2.39. The number of morpholine rings is 1. The van der Waals surface area contributed by atoms with Crippen LogP contribution in [0.1, 0.15) is 18.4 Å². The number of carbonyl (C=O) groups is 1. The zero-order valence-corrected chi connectivity index (χ0v) is 18.1. The van der Waals surface area contributed by atoms with Crippen molar-refractivity contribution in [2.24, 2.45) is 0 Å². The van der Waals surface area contributed by atoms with Crippen molar-refractivity contribution >= 4 is 27.5 Å². The summed E-state index contributed by atoms with van der Waals surface area (Å²) < 4.78 is 32.9. The van der Waals surface area contributed by atoms with Crippen molar-refractivity contribution in [2.45, 2.75) is 23.2 Å². The lowest BCUT2D eigenvalue weighted by molar-refractivity contribution is -0.143. The maximum Gasteiger partial charge on any atom is 0.244 e. The van der Waals surface area contributed by atoms with Gasteiger partial charge in [-0.2, -0.15) is 4.31 Å². The molecule has 2 fully saturated rings. The number of rotatable bonds is 4. The van der Waals surface area contributed by atoms with Gasteiger partial charge in [0.1, 0.15) is 10.0 Å². The topological polar surface area (TPSA) is 79.8 Å². The van der Waals surface area contributed by atoms with Crippen LogP contribution in [0.5, 0.6) is 0 Å². The van der Waals surface area contributed by atoms with Gasteiger partial charge in [-0.25, -0.2) is 13.4 Å². The Morgan fingerprint density at radius 3 is 2.27 bits per heavy atom. The molecule has 1 aromatic carbocycles. The van der Waals surface area contributed by atoms with Gasteiger partial charge in [0.15, 0.2) is 0 Å². The van der Waals surface area contributed by atoms with E-state index >= 15 is 0 Å². The third-order valence-corrected chi connectivity index (χ3v) is 8.05. The lowest BCUT2D eigenvalue weighted by Gasteiger charge is -2.43. The number of nitrogens with zero attached hydrogens (tertiary/aromatic N) is 3. The molecule has 3 heterocycles. The number of ether oxygens (including phenoxy) is 1.